The van der Waals surface area contributed by atoms with Crippen molar-refractivity contribution in [1.82, 2.24) is 9.80 Å². The van der Waals surface area contributed by atoms with Crippen LogP contribution in [-0.4, -0.2) is 50.6 Å². The molecule has 1 rings (SSSR count). The predicted octanol–water partition coefficient (Wildman–Crippen LogP) is 2.70. The molecule has 18 heavy (non-hydrogen) atoms. The number of rotatable bonds is 7. The molecule has 1 aromatic heterocycles. The molecule has 0 aliphatic rings. The summed E-state index contributed by atoms with van der Waals surface area (Å²) < 4.78 is 1.20. The van der Waals surface area contributed by atoms with E-state index < -0.39 is 0 Å². The average Bonchev–Trinajstić information content (AvgIpc) is 2.59. The molecule has 2 N–H and O–H groups in total. The van der Waals surface area contributed by atoms with Crippen molar-refractivity contribution in [1.29, 1.82) is 0 Å². The van der Waals surface area contributed by atoms with Gasteiger partial charge in [-0.2, -0.15) is 0 Å². The van der Waals surface area contributed by atoms with Crippen LogP contribution in [0.15, 0.2) is 10.5 Å². The predicted molar refractivity (Wildman–Crippen MR) is 84.4 cm³/mol. The summed E-state index contributed by atoms with van der Waals surface area (Å²) in [5.41, 5.74) is 5.94. The van der Waals surface area contributed by atoms with Gasteiger partial charge in [-0.3, -0.25) is 4.90 Å². The molecule has 0 fully saturated rings. The molecule has 1 aromatic rings. The highest BCUT2D eigenvalue weighted by atomic mass is 79.9. The minimum atomic E-state index is 0.335. The lowest BCUT2D eigenvalue weighted by Gasteiger charge is -2.26. The van der Waals surface area contributed by atoms with E-state index in [2.05, 4.69) is 59.9 Å². The molecule has 0 radical (unpaired) electrons. The second-order valence-electron chi connectivity index (χ2n) is 4.94. The van der Waals surface area contributed by atoms with Crippen LogP contribution in [0.1, 0.15) is 22.2 Å². The summed E-state index contributed by atoms with van der Waals surface area (Å²) in [6, 6.07) is 2.54. The molecule has 0 amide bonds. The molecule has 3 nitrogen and oxygen atoms in total. The third kappa shape index (κ3) is 4.63. The molecule has 1 heterocycles. The van der Waals surface area contributed by atoms with Gasteiger partial charge in [0.25, 0.3) is 0 Å². The summed E-state index contributed by atoms with van der Waals surface area (Å²) >= 11 is 5.41. The lowest BCUT2D eigenvalue weighted by Crippen LogP contribution is -2.32. The SMILES string of the molecule is Cc1sc(C(CN)N(C)CCCN(C)C)cc1Br. The van der Waals surface area contributed by atoms with Gasteiger partial charge in [0.05, 0.1) is 6.04 Å². The summed E-state index contributed by atoms with van der Waals surface area (Å²) in [5, 5.41) is 0. The minimum Gasteiger partial charge on any atom is -0.329 e. The van der Waals surface area contributed by atoms with Crippen LogP contribution in [0.4, 0.5) is 0 Å². The Labute approximate surface area is 123 Å². The molecular formula is C13H24BrN3S. The molecular weight excluding hydrogens is 310 g/mol. The van der Waals surface area contributed by atoms with Crippen LogP contribution in [0.3, 0.4) is 0 Å². The monoisotopic (exact) mass is 333 g/mol. The molecule has 0 aliphatic heterocycles. The second-order valence-corrected chi connectivity index (χ2v) is 7.08. The Bertz CT molecular complexity index is 346. The van der Waals surface area contributed by atoms with Gasteiger partial charge in [0.2, 0.25) is 0 Å². The zero-order valence-corrected chi connectivity index (χ0v) is 14.1. The van der Waals surface area contributed by atoms with E-state index in [1.54, 1.807) is 0 Å². The maximum Gasteiger partial charge on any atom is 0.0562 e. The van der Waals surface area contributed by atoms with Gasteiger partial charge in [0, 0.05) is 20.8 Å². The summed E-state index contributed by atoms with van der Waals surface area (Å²) in [7, 11) is 6.39. The van der Waals surface area contributed by atoms with Gasteiger partial charge in [-0.1, -0.05) is 0 Å². The molecule has 5 heteroatoms. The minimum absolute atomic E-state index is 0.335. The Morgan fingerprint density at radius 2 is 2.00 bits per heavy atom. The first-order valence-corrected chi connectivity index (χ1v) is 7.87. The molecule has 0 spiro atoms. The molecule has 104 valence electrons. The van der Waals surface area contributed by atoms with Crippen molar-refractivity contribution in [3.63, 3.8) is 0 Å². The van der Waals surface area contributed by atoms with Gasteiger partial charge in [0.15, 0.2) is 0 Å². The molecule has 1 unspecified atom stereocenters. The normalized spacial score (nSPS) is 13.6. The standard InChI is InChI=1S/C13H24BrN3S/c1-10-11(14)8-13(18-10)12(9-15)17(4)7-5-6-16(2)3/h8,12H,5-7,9,15H2,1-4H3. The first-order chi connectivity index (χ1) is 8.45. The van der Waals surface area contributed by atoms with Crippen LogP contribution >= 0.6 is 27.3 Å². The van der Waals surface area contributed by atoms with Crippen molar-refractivity contribution in [2.24, 2.45) is 5.73 Å². The third-order valence-electron chi connectivity index (χ3n) is 3.08. The second kappa shape index (κ2) is 7.60. The van der Waals surface area contributed by atoms with E-state index in [0.29, 0.717) is 12.6 Å². The quantitative estimate of drug-likeness (QED) is 0.832. The van der Waals surface area contributed by atoms with Gasteiger partial charge < -0.3 is 10.6 Å². The average molecular weight is 334 g/mol. The number of hydrogen-bond donors (Lipinski definition) is 1. The van der Waals surface area contributed by atoms with Crippen LogP contribution in [0, 0.1) is 6.92 Å². The number of nitrogens with zero attached hydrogens (tertiary/aromatic N) is 2. The van der Waals surface area contributed by atoms with Crippen LogP contribution in [0.2, 0.25) is 0 Å². The highest BCUT2D eigenvalue weighted by Crippen LogP contribution is 2.32. The Kier molecular flexibility index (Phi) is 6.81. The zero-order chi connectivity index (χ0) is 13.7. The highest BCUT2D eigenvalue weighted by molar-refractivity contribution is 9.10. The first-order valence-electron chi connectivity index (χ1n) is 6.26. The van der Waals surface area contributed by atoms with Crippen LogP contribution < -0.4 is 5.73 Å². The van der Waals surface area contributed by atoms with Crippen molar-refractivity contribution in [2.75, 3.05) is 40.8 Å². The topological polar surface area (TPSA) is 32.5 Å². The van der Waals surface area contributed by atoms with Gasteiger partial charge >= 0.3 is 0 Å². The fourth-order valence-electron chi connectivity index (χ4n) is 1.95. The smallest absolute Gasteiger partial charge is 0.0562 e. The Morgan fingerprint density at radius 3 is 2.44 bits per heavy atom. The van der Waals surface area contributed by atoms with E-state index >= 15 is 0 Å². The van der Waals surface area contributed by atoms with E-state index in [-0.39, 0.29) is 0 Å². The van der Waals surface area contributed by atoms with E-state index in [1.165, 1.54) is 20.6 Å². The summed E-state index contributed by atoms with van der Waals surface area (Å²) in [5.74, 6) is 0. The molecule has 0 bridgehead atoms. The number of thiophene rings is 1. The number of hydrogen-bond acceptors (Lipinski definition) is 4. The van der Waals surface area contributed by atoms with Crippen molar-refractivity contribution in [3.8, 4) is 0 Å². The van der Waals surface area contributed by atoms with Crippen molar-refractivity contribution < 1.29 is 0 Å². The molecule has 0 saturated carbocycles. The Morgan fingerprint density at radius 1 is 1.33 bits per heavy atom. The molecule has 0 aliphatic carbocycles. The zero-order valence-electron chi connectivity index (χ0n) is 11.7. The lowest BCUT2D eigenvalue weighted by molar-refractivity contribution is 0.238. The third-order valence-corrected chi connectivity index (χ3v) is 5.31. The van der Waals surface area contributed by atoms with Crippen LogP contribution in [0.5, 0.6) is 0 Å². The fraction of sp³-hybridized carbons (Fsp3) is 0.692. The maximum atomic E-state index is 5.94. The van der Waals surface area contributed by atoms with E-state index in [9.17, 15) is 0 Å². The van der Waals surface area contributed by atoms with Gasteiger partial charge in [-0.15, -0.1) is 11.3 Å². The first kappa shape index (κ1) is 16.1. The van der Waals surface area contributed by atoms with E-state index in [4.69, 9.17) is 5.73 Å². The highest BCUT2D eigenvalue weighted by Gasteiger charge is 2.18. The lowest BCUT2D eigenvalue weighted by atomic mass is 10.2. The fourth-order valence-corrected chi connectivity index (χ4v) is 3.69. The maximum absolute atomic E-state index is 5.94. The van der Waals surface area contributed by atoms with Crippen LogP contribution in [0.25, 0.3) is 0 Å². The van der Waals surface area contributed by atoms with Gasteiger partial charge in [-0.05, 0) is 69.6 Å². The van der Waals surface area contributed by atoms with E-state index in [1.807, 2.05) is 11.3 Å². The molecule has 0 saturated heterocycles. The molecule has 1 atom stereocenters. The summed E-state index contributed by atoms with van der Waals surface area (Å²) in [6.07, 6.45) is 1.17. The Balaban J connectivity index is 2.59. The number of likely N-dealkylation sites (N-methyl/N-ethyl adjacent to an activating group) is 1. The van der Waals surface area contributed by atoms with Gasteiger partial charge in [0.1, 0.15) is 0 Å². The van der Waals surface area contributed by atoms with Gasteiger partial charge in [-0.25, -0.2) is 0 Å². The van der Waals surface area contributed by atoms with Crippen molar-refractivity contribution >= 4 is 27.3 Å². The van der Waals surface area contributed by atoms with Crippen molar-refractivity contribution in [2.45, 2.75) is 19.4 Å². The van der Waals surface area contributed by atoms with Crippen LogP contribution in [-0.2, 0) is 0 Å². The Hall–Kier alpha value is 0.0600. The summed E-state index contributed by atoms with van der Waals surface area (Å²) in [4.78, 5) is 7.26. The number of aryl methyl sites for hydroxylation is 1. The van der Waals surface area contributed by atoms with E-state index in [0.717, 1.165) is 13.1 Å². The number of nitrogens with two attached hydrogens (primary N) is 1. The largest absolute Gasteiger partial charge is 0.329 e. The summed E-state index contributed by atoms with van der Waals surface area (Å²) in [6.45, 7) is 5.01. The number of halogens is 1. The van der Waals surface area contributed by atoms with Crippen molar-refractivity contribution in [3.05, 3.63) is 20.3 Å². The molecule has 0 aromatic carbocycles.